The lowest BCUT2D eigenvalue weighted by atomic mass is 10.0. The van der Waals surface area contributed by atoms with Crippen LogP contribution < -0.4 is 10.2 Å². The minimum Gasteiger partial charge on any atom is -0.447 e. The Labute approximate surface area is 261 Å². The zero-order valence-electron chi connectivity index (χ0n) is 25.3. The molecule has 11 heteroatoms. The zero-order valence-corrected chi connectivity index (χ0v) is 26.1. The van der Waals surface area contributed by atoms with Gasteiger partial charge in [0.1, 0.15) is 13.2 Å². The predicted octanol–water partition coefficient (Wildman–Crippen LogP) is 6.30. The Bertz CT molecular complexity index is 1590. The van der Waals surface area contributed by atoms with Crippen molar-refractivity contribution >= 4 is 45.5 Å². The minimum absolute atomic E-state index is 0.0511. The summed E-state index contributed by atoms with van der Waals surface area (Å²) >= 11 is 1.53. The number of carbonyl (C=O) groups excluding carboxylic acids is 2. The molecule has 2 fully saturated rings. The first-order valence-electron chi connectivity index (χ1n) is 15.1. The van der Waals surface area contributed by atoms with Crippen molar-refractivity contribution in [1.29, 1.82) is 0 Å². The predicted molar refractivity (Wildman–Crippen MR) is 172 cm³/mol. The van der Waals surface area contributed by atoms with Gasteiger partial charge in [-0.2, -0.15) is 4.98 Å². The van der Waals surface area contributed by atoms with Crippen LogP contribution in [0.4, 0.5) is 21.4 Å². The van der Waals surface area contributed by atoms with Gasteiger partial charge in [0.05, 0.1) is 22.3 Å². The maximum atomic E-state index is 12.7. The van der Waals surface area contributed by atoms with Gasteiger partial charge in [0, 0.05) is 32.7 Å². The van der Waals surface area contributed by atoms with E-state index in [-0.39, 0.29) is 30.2 Å². The van der Waals surface area contributed by atoms with Crippen molar-refractivity contribution in [2.45, 2.75) is 46.0 Å². The highest BCUT2D eigenvalue weighted by Crippen LogP contribution is 2.35. The Kier molecular flexibility index (Phi) is 8.94. The number of fused-ring (bicyclic) bond motifs is 1. The SMILES string of the molecule is CC(Nc1nc(N2C(=O)OC[C@@H]2C(C)C)c2sccc2n1)c1ccc(CN2CCN(C(=O)OCc3ccccc3)CC2)cc1. The summed E-state index contributed by atoms with van der Waals surface area (Å²) in [5.41, 5.74) is 4.11. The molecular weight excluding hydrogens is 576 g/mol. The van der Waals surface area contributed by atoms with E-state index in [2.05, 4.69) is 55.3 Å². The Hall–Kier alpha value is -4.22. The second-order valence-corrected chi connectivity index (χ2v) is 12.6. The van der Waals surface area contributed by atoms with E-state index in [1.165, 1.54) is 16.9 Å². The number of nitrogens with one attached hydrogen (secondary N) is 1. The van der Waals surface area contributed by atoms with Gasteiger partial charge in [-0.15, -0.1) is 11.3 Å². The summed E-state index contributed by atoms with van der Waals surface area (Å²) < 4.78 is 11.8. The molecule has 0 radical (unpaired) electrons. The summed E-state index contributed by atoms with van der Waals surface area (Å²) in [5.74, 6) is 1.30. The maximum absolute atomic E-state index is 12.7. The maximum Gasteiger partial charge on any atom is 0.415 e. The van der Waals surface area contributed by atoms with Gasteiger partial charge >= 0.3 is 12.2 Å². The molecule has 4 heterocycles. The second-order valence-electron chi connectivity index (χ2n) is 11.7. The average Bonchev–Trinajstić information content (AvgIpc) is 3.67. The van der Waals surface area contributed by atoms with Crippen molar-refractivity contribution in [3.05, 3.63) is 82.7 Å². The Balaban J connectivity index is 1.04. The molecule has 1 N–H and O–H groups in total. The van der Waals surface area contributed by atoms with Gasteiger partial charge in [0.15, 0.2) is 5.82 Å². The third kappa shape index (κ3) is 6.63. The van der Waals surface area contributed by atoms with Crippen LogP contribution in [0.3, 0.4) is 0 Å². The van der Waals surface area contributed by atoms with Gasteiger partial charge in [0.2, 0.25) is 5.95 Å². The molecular formula is C33H38N6O4S. The number of nitrogens with zero attached hydrogens (tertiary/aromatic N) is 5. The molecule has 2 aromatic carbocycles. The van der Waals surface area contributed by atoms with Crippen molar-refractivity contribution < 1.29 is 19.1 Å². The number of aromatic nitrogens is 2. The minimum atomic E-state index is -0.365. The fraction of sp³-hybridized carbons (Fsp3) is 0.394. The van der Waals surface area contributed by atoms with Crippen LogP contribution in [0.1, 0.15) is 43.5 Å². The fourth-order valence-electron chi connectivity index (χ4n) is 5.59. The smallest absolute Gasteiger partial charge is 0.415 e. The van der Waals surface area contributed by atoms with Crippen LogP contribution in [0.5, 0.6) is 0 Å². The van der Waals surface area contributed by atoms with Crippen molar-refractivity contribution in [2.24, 2.45) is 5.92 Å². The monoisotopic (exact) mass is 614 g/mol. The molecule has 0 aliphatic carbocycles. The molecule has 0 saturated carbocycles. The average molecular weight is 615 g/mol. The normalized spacial score (nSPS) is 18.1. The number of piperazine rings is 1. The van der Waals surface area contributed by atoms with E-state index < -0.39 is 0 Å². The summed E-state index contributed by atoms with van der Waals surface area (Å²) in [7, 11) is 0. The molecule has 2 amide bonds. The third-order valence-electron chi connectivity index (χ3n) is 8.26. The number of cyclic esters (lactones) is 1. The number of benzene rings is 2. The van der Waals surface area contributed by atoms with Crippen molar-refractivity contribution in [2.75, 3.05) is 43.0 Å². The second kappa shape index (κ2) is 13.2. The number of amides is 2. The molecule has 10 nitrogen and oxygen atoms in total. The summed E-state index contributed by atoms with van der Waals surface area (Å²) in [6.07, 6.45) is -0.621. The molecule has 2 aromatic heterocycles. The first-order chi connectivity index (χ1) is 21.4. The summed E-state index contributed by atoms with van der Waals surface area (Å²) in [4.78, 5) is 40.6. The molecule has 6 rings (SSSR count). The highest BCUT2D eigenvalue weighted by Gasteiger charge is 2.38. The van der Waals surface area contributed by atoms with E-state index in [0.29, 0.717) is 38.1 Å². The van der Waals surface area contributed by atoms with Gasteiger partial charge in [0.25, 0.3) is 0 Å². The molecule has 4 aromatic rings. The number of ether oxygens (including phenoxy) is 2. The van der Waals surface area contributed by atoms with Gasteiger partial charge in [-0.1, -0.05) is 68.4 Å². The highest BCUT2D eigenvalue weighted by molar-refractivity contribution is 7.17. The number of rotatable bonds is 9. The molecule has 2 aliphatic rings. The van der Waals surface area contributed by atoms with Crippen LogP contribution >= 0.6 is 11.3 Å². The van der Waals surface area contributed by atoms with Gasteiger partial charge < -0.3 is 19.7 Å². The standard InChI is InChI=1S/C33H38N6O4S/c1-22(2)28-21-43-33(41)39(28)30-29-27(13-18-44-29)35-31(36-30)34-23(3)26-11-9-24(10-12-26)19-37-14-16-38(17-15-37)32(40)42-20-25-7-5-4-6-8-25/h4-13,18,22-23,28H,14-17,19-21H2,1-3H3,(H,34,35,36)/t23?,28-/m1/s1. The van der Waals surface area contributed by atoms with E-state index in [9.17, 15) is 9.59 Å². The molecule has 0 bridgehead atoms. The van der Waals surface area contributed by atoms with Crippen LogP contribution in [0.15, 0.2) is 66.0 Å². The lowest BCUT2D eigenvalue weighted by Gasteiger charge is -2.34. The molecule has 230 valence electrons. The molecule has 0 spiro atoms. The molecule has 2 aliphatic heterocycles. The van der Waals surface area contributed by atoms with Crippen molar-refractivity contribution in [3.8, 4) is 0 Å². The number of hydrogen-bond acceptors (Lipinski definition) is 9. The number of hydrogen-bond donors (Lipinski definition) is 1. The zero-order chi connectivity index (χ0) is 30.6. The lowest BCUT2D eigenvalue weighted by Crippen LogP contribution is -2.48. The van der Waals surface area contributed by atoms with Crippen LogP contribution in [-0.2, 0) is 22.6 Å². The quantitative estimate of drug-likeness (QED) is 0.235. The van der Waals surface area contributed by atoms with Crippen molar-refractivity contribution in [1.82, 2.24) is 19.8 Å². The molecule has 44 heavy (non-hydrogen) atoms. The van der Waals surface area contributed by atoms with Gasteiger partial charge in [-0.25, -0.2) is 14.6 Å². The molecule has 2 atom stereocenters. The van der Waals surface area contributed by atoms with E-state index in [0.717, 1.165) is 41.0 Å². The van der Waals surface area contributed by atoms with Crippen molar-refractivity contribution in [3.63, 3.8) is 0 Å². The van der Waals surface area contributed by atoms with Gasteiger partial charge in [-0.05, 0) is 41.0 Å². The first kappa shape index (κ1) is 29.8. The summed E-state index contributed by atoms with van der Waals surface area (Å²) in [5, 5.41) is 5.41. The Morgan fingerprint density at radius 2 is 1.75 bits per heavy atom. The number of thiophene rings is 1. The van der Waals surface area contributed by atoms with E-state index >= 15 is 0 Å². The van der Waals surface area contributed by atoms with Crippen LogP contribution in [-0.4, -0.2) is 70.8 Å². The number of carbonyl (C=O) groups is 2. The van der Waals surface area contributed by atoms with E-state index in [1.807, 2.05) is 41.8 Å². The third-order valence-corrected chi connectivity index (χ3v) is 9.16. The molecule has 1 unspecified atom stereocenters. The lowest BCUT2D eigenvalue weighted by molar-refractivity contribution is 0.0700. The fourth-order valence-corrected chi connectivity index (χ4v) is 6.41. The number of anilines is 2. The Morgan fingerprint density at radius 1 is 1.00 bits per heavy atom. The summed E-state index contributed by atoms with van der Waals surface area (Å²) in [6, 6.07) is 20.1. The van der Waals surface area contributed by atoms with E-state index in [4.69, 9.17) is 19.4 Å². The summed E-state index contributed by atoms with van der Waals surface area (Å²) in [6.45, 7) is 10.6. The topological polar surface area (TPSA) is 100 Å². The largest absolute Gasteiger partial charge is 0.447 e. The molecule has 2 saturated heterocycles. The first-order valence-corrected chi connectivity index (χ1v) is 16.0. The van der Waals surface area contributed by atoms with Crippen LogP contribution in [0.25, 0.3) is 10.2 Å². The van der Waals surface area contributed by atoms with Crippen LogP contribution in [0, 0.1) is 5.92 Å². The Morgan fingerprint density at radius 3 is 2.48 bits per heavy atom. The highest BCUT2D eigenvalue weighted by atomic mass is 32.1. The van der Waals surface area contributed by atoms with E-state index in [1.54, 1.807) is 9.80 Å². The van der Waals surface area contributed by atoms with Crippen LogP contribution in [0.2, 0.25) is 0 Å². The van der Waals surface area contributed by atoms with Gasteiger partial charge in [-0.3, -0.25) is 9.80 Å².